The first-order valence-corrected chi connectivity index (χ1v) is 6.06. The molecule has 5 heteroatoms. The normalized spacial score (nSPS) is 13.1. The lowest BCUT2D eigenvalue weighted by Gasteiger charge is -2.05. The molecule has 0 aliphatic carbocycles. The van der Waals surface area contributed by atoms with E-state index in [1.54, 1.807) is 11.8 Å². The van der Waals surface area contributed by atoms with Crippen LogP contribution >= 0.6 is 11.8 Å². The van der Waals surface area contributed by atoms with Gasteiger partial charge in [0.25, 0.3) is 0 Å². The third-order valence-corrected chi connectivity index (χ3v) is 3.03. The van der Waals surface area contributed by atoms with Gasteiger partial charge in [-0.25, -0.2) is 0 Å². The number of hydrogen-bond donors (Lipinski definition) is 1. The fourth-order valence-corrected chi connectivity index (χ4v) is 1.87. The monoisotopic (exact) mass is 215 g/mol. The van der Waals surface area contributed by atoms with Crippen LogP contribution in [0, 0.1) is 0 Å². The van der Waals surface area contributed by atoms with Crippen LogP contribution in [0.1, 0.15) is 32.0 Å². The smallest absolute Gasteiger partial charge is 0.226 e. The summed E-state index contributed by atoms with van der Waals surface area (Å²) in [4.78, 5) is 4.21. The second kappa shape index (κ2) is 6.03. The van der Waals surface area contributed by atoms with E-state index in [1.165, 1.54) is 0 Å². The largest absolute Gasteiger partial charge is 0.339 e. The third kappa shape index (κ3) is 3.67. The number of nitrogens with zero attached hydrogens (tertiary/aromatic N) is 2. The van der Waals surface area contributed by atoms with Crippen LogP contribution in [0.4, 0.5) is 0 Å². The predicted molar refractivity (Wildman–Crippen MR) is 58.1 cm³/mol. The molecule has 0 amide bonds. The molecule has 0 bridgehead atoms. The van der Waals surface area contributed by atoms with Gasteiger partial charge >= 0.3 is 0 Å². The zero-order chi connectivity index (χ0) is 10.4. The van der Waals surface area contributed by atoms with Crippen molar-refractivity contribution in [1.82, 2.24) is 10.1 Å². The lowest BCUT2D eigenvalue weighted by atomic mass is 10.3. The minimum atomic E-state index is 0.276. The van der Waals surface area contributed by atoms with Crippen molar-refractivity contribution in [2.75, 3.05) is 5.75 Å². The Labute approximate surface area is 88.6 Å². The first kappa shape index (κ1) is 11.5. The minimum Gasteiger partial charge on any atom is -0.339 e. The minimum absolute atomic E-state index is 0.276. The maximum absolute atomic E-state index is 5.78. The Bertz CT molecular complexity index is 264. The molecule has 80 valence electrons. The highest BCUT2D eigenvalue weighted by Gasteiger charge is 2.05. The van der Waals surface area contributed by atoms with Gasteiger partial charge in [-0.2, -0.15) is 16.7 Å². The fraction of sp³-hybridized carbons (Fsp3) is 0.778. The van der Waals surface area contributed by atoms with E-state index in [-0.39, 0.29) is 6.04 Å². The average molecular weight is 215 g/mol. The first-order chi connectivity index (χ1) is 6.76. The van der Waals surface area contributed by atoms with Crippen LogP contribution in [0.25, 0.3) is 0 Å². The standard InChI is InChI=1S/C9H17N3OS/c1-3-7(10)5-14-6-8-11-9(4-2)13-12-8/h7H,3-6,10H2,1-2H3. The van der Waals surface area contributed by atoms with Crippen molar-refractivity contribution >= 4 is 11.8 Å². The van der Waals surface area contributed by atoms with Crippen molar-refractivity contribution in [3.63, 3.8) is 0 Å². The molecule has 0 spiro atoms. The molecule has 1 heterocycles. The number of hydrogen-bond acceptors (Lipinski definition) is 5. The summed E-state index contributed by atoms with van der Waals surface area (Å²) in [6, 6.07) is 0.276. The average Bonchev–Trinajstić information content (AvgIpc) is 2.65. The zero-order valence-corrected chi connectivity index (χ0v) is 9.51. The van der Waals surface area contributed by atoms with Gasteiger partial charge < -0.3 is 10.3 Å². The zero-order valence-electron chi connectivity index (χ0n) is 8.69. The van der Waals surface area contributed by atoms with Gasteiger partial charge in [0, 0.05) is 18.2 Å². The van der Waals surface area contributed by atoms with Gasteiger partial charge in [0.1, 0.15) is 0 Å². The van der Waals surface area contributed by atoms with Gasteiger partial charge in [0.2, 0.25) is 5.89 Å². The summed E-state index contributed by atoms with van der Waals surface area (Å²) in [5.41, 5.74) is 5.78. The van der Waals surface area contributed by atoms with Crippen molar-refractivity contribution in [2.24, 2.45) is 5.73 Å². The Morgan fingerprint density at radius 2 is 2.29 bits per heavy atom. The van der Waals surface area contributed by atoms with E-state index >= 15 is 0 Å². The lowest BCUT2D eigenvalue weighted by Crippen LogP contribution is -2.21. The molecule has 0 fully saturated rings. The molecule has 0 aromatic carbocycles. The highest BCUT2D eigenvalue weighted by Crippen LogP contribution is 2.11. The maximum atomic E-state index is 5.78. The van der Waals surface area contributed by atoms with E-state index < -0.39 is 0 Å². The van der Waals surface area contributed by atoms with Crippen LogP contribution < -0.4 is 5.73 Å². The molecule has 1 aromatic heterocycles. The van der Waals surface area contributed by atoms with E-state index in [0.29, 0.717) is 5.89 Å². The Hall–Kier alpha value is -0.550. The van der Waals surface area contributed by atoms with Crippen LogP contribution in [0.3, 0.4) is 0 Å². The molecular formula is C9H17N3OS. The number of aryl methyl sites for hydroxylation is 1. The quantitative estimate of drug-likeness (QED) is 0.781. The molecule has 14 heavy (non-hydrogen) atoms. The molecule has 1 aromatic rings. The van der Waals surface area contributed by atoms with E-state index in [0.717, 1.165) is 30.2 Å². The van der Waals surface area contributed by atoms with Crippen molar-refractivity contribution < 1.29 is 4.52 Å². The fourth-order valence-electron chi connectivity index (χ4n) is 0.912. The van der Waals surface area contributed by atoms with Crippen LogP contribution in [0.2, 0.25) is 0 Å². The SMILES string of the molecule is CCc1nc(CSCC(N)CC)no1. The van der Waals surface area contributed by atoms with E-state index in [2.05, 4.69) is 17.1 Å². The molecule has 0 aliphatic rings. The highest BCUT2D eigenvalue weighted by molar-refractivity contribution is 7.98. The molecular weight excluding hydrogens is 198 g/mol. The van der Waals surface area contributed by atoms with Crippen molar-refractivity contribution in [2.45, 2.75) is 38.5 Å². The molecule has 0 radical (unpaired) electrons. The molecule has 1 rings (SSSR count). The van der Waals surface area contributed by atoms with Crippen LogP contribution in [0.5, 0.6) is 0 Å². The van der Waals surface area contributed by atoms with Crippen molar-refractivity contribution in [3.8, 4) is 0 Å². The number of nitrogens with two attached hydrogens (primary N) is 1. The Morgan fingerprint density at radius 1 is 1.50 bits per heavy atom. The summed E-state index contributed by atoms with van der Waals surface area (Å²) in [5, 5.41) is 3.86. The number of aromatic nitrogens is 2. The maximum Gasteiger partial charge on any atom is 0.226 e. The molecule has 2 N–H and O–H groups in total. The van der Waals surface area contributed by atoms with Crippen LogP contribution in [0.15, 0.2) is 4.52 Å². The molecule has 4 nitrogen and oxygen atoms in total. The van der Waals surface area contributed by atoms with Crippen molar-refractivity contribution in [1.29, 1.82) is 0 Å². The van der Waals surface area contributed by atoms with Gasteiger partial charge in [0.05, 0.1) is 5.75 Å². The van der Waals surface area contributed by atoms with E-state index in [9.17, 15) is 0 Å². The van der Waals surface area contributed by atoms with E-state index in [4.69, 9.17) is 10.3 Å². The van der Waals surface area contributed by atoms with Crippen LogP contribution in [-0.4, -0.2) is 21.9 Å². The number of rotatable bonds is 6. The summed E-state index contributed by atoms with van der Waals surface area (Å²) in [6.07, 6.45) is 1.81. The summed E-state index contributed by atoms with van der Waals surface area (Å²) in [6.45, 7) is 4.09. The second-order valence-corrected chi connectivity index (χ2v) is 4.17. The molecule has 1 unspecified atom stereocenters. The first-order valence-electron chi connectivity index (χ1n) is 4.91. The van der Waals surface area contributed by atoms with Gasteiger partial charge in [-0.15, -0.1) is 0 Å². The Kier molecular flexibility index (Phi) is 4.97. The summed E-state index contributed by atoms with van der Waals surface area (Å²) >= 11 is 1.75. The highest BCUT2D eigenvalue weighted by atomic mass is 32.2. The summed E-state index contributed by atoms with van der Waals surface area (Å²) < 4.78 is 4.99. The molecule has 1 atom stereocenters. The second-order valence-electron chi connectivity index (χ2n) is 3.14. The predicted octanol–water partition coefficient (Wildman–Crippen LogP) is 1.60. The van der Waals surface area contributed by atoms with Gasteiger partial charge in [-0.1, -0.05) is 19.0 Å². The Morgan fingerprint density at radius 3 is 2.86 bits per heavy atom. The molecule has 0 saturated carbocycles. The van der Waals surface area contributed by atoms with Gasteiger partial charge in [0.15, 0.2) is 5.82 Å². The van der Waals surface area contributed by atoms with Crippen LogP contribution in [-0.2, 0) is 12.2 Å². The molecule has 0 aliphatic heterocycles. The third-order valence-electron chi connectivity index (χ3n) is 1.90. The van der Waals surface area contributed by atoms with E-state index in [1.807, 2.05) is 6.92 Å². The lowest BCUT2D eigenvalue weighted by molar-refractivity contribution is 0.378. The number of thioether (sulfide) groups is 1. The van der Waals surface area contributed by atoms with Crippen molar-refractivity contribution in [3.05, 3.63) is 11.7 Å². The summed E-state index contributed by atoms with van der Waals surface area (Å²) in [7, 11) is 0. The topological polar surface area (TPSA) is 64.9 Å². The van der Waals surface area contributed by atoms with Gasteiger partial charge in [-0.05, 0) is 6.42 Å². The van der Waals surface area contributed by atoms with Gasteiger partial charge in [-0.3, -0.25) is 0 Å². The molecule has 0 saturated heterocycles. The Balaban J connectivity index is 2.24. The summed E-state index contributed by atoms with van der Waals surface area (Å²) in [5.74, 6) is 3.22.